The predicted octanol–water partition coefficient (Wildman–Crippen LogP) is 1.43. The van der Waals surface area contributed by atoms with Crippen LogP contribution in [0, 0.1) is 5.92 Å². The van der Waals surface area contributed by atoms with Crippen LogP contribution in [-0.4, -0.2) is 4.57 Å². The quantitative estimate of drug-likeness (QED) is 0.592. The molecule has 2 atom stereocenters. The molecule has 0 radical (unpaired) electrons. The molecular weight excluding hydrogens is 138 g/mol. The van der Waals surface area contributed by atoms with E-state index in [2.05, 4.69) is 6.92 Å². The van der Waals surface area contributed by atoms with Crippen LogP contribution in [0.1, 0.15) is 19.4 Å². The molecule has 1 aliphatic rings. The molecule has 0 aromatic carbocycles. The minimum absolute atomic E-state index is 0.127. The van der Waals surface area contributed by atoms with Crippen molar-refractivity contribution < 1.29 is 0 Å². The van der Waals surface area contributed by atoms with Crippen LogP contribution in [0.15, 0.2) is 29.2 Å². The molecule has 58 valence electrons. The molecular formula is C9H11NO. The summed E-state index contributed by atoms with van der Waals surface area (Å²) in [4.78, 5) is 11.2. The predicted molar refractivity (Wildman–Crippen MR) is 43.5 cm³/mol. The van der Waals surface area contributed by atoms with Crippen molar-refractivity contribution >= 4 is 0 Å². The zero-order chi connectivity index (χ0) is 7.84. The Bertz CT molecular complexity index is 315. The molecule has 0 bridgehead atoms. The van der Waals surface area contributed by atoms with E-state index in [1.54, 1.807) is 12.1 Å². The molecule has 0 spiro atoms. The molecule has 1 aromatic heterocycles. The first-order chi connectivity index (χ1) is 5.29. The molecule has 0 aliphatic heterocycles. The third kappa shape index (κ3) is 1.09. The Morgan fingerprint density at radius 2 is 2.27 bits per heavy atom. The second kappa shape index (κ2) is 2.22. The molecule has 0 unspecified atom stereocenters. The average Bonchev–Trinajstić information content (AvgIpc) is 2.68. The third-order valence-electron chi connectivity index (χ3n) is 2.28. The van der Waals surface area contributed by atoms with Crippen LogP contribution in [0.4, 0.5) is 0 Å². The van der Waals surface area contributed by atoms with Crippen LogP contribution < -0.4 is 5.56 Å². The Hall–Kier alpha value is -1.05. The number of nitrogens with zero attached hydrogens (tertiary/aromatic N) is 1. The van der Waals surface area contributed by atoms with Gasteiger partial charge in [0.25, 0.3) is 5.56 Å². The van der Waals surface area contributed by atoms with Crippen molar-refractivity contribution in [2.24, 2.45) is 5.92 Å². The largest absolute Gasteiger partial charge is 0.312 e. The lowest BCUT2D eigenvalue weighted by molar-refractivity contribution is 0.659. The maximum absolute atomic E-state index is 11.2. The summed E-state index contributed by atoms with van der Waals surface area (Å²) in [7, 11) is 0. The molecule has 2 rings (SSSR count). The van der Waals surface area contributed by atoms with Gasteiger partial charge in [0.1, 0.15) is 0 Å². The summed E-state index contributed by atoms with van der Waals surface area (Å²) in [6.45, 7) is 2.17. The van der Waals surface area contributed by atoms with Crippen LogP contribution in [0.3, 0.4) is 0 Å². The minimum atomic E-state index is 0.127. The van der Waals surface area contributed by atoms with Crippen LogP contribution in [0.5, 0.6) is 0 Å². The van der Waals surface area contributed by atoms with Crippen molar-refractivity contribution in [1.29, 1.82) is 0 Å². The van der Waals surface area contributed by atoms with E-state index in [-0.39, 0.29) is 5.56 Å². The summed E-state index contributed by atoms with van der Waals surface area (Å²) in [6, 6.07) is 5.78. The van der Waals surface area contributed by atoms with Gasteiger partial charge in [-0.25, -0.2) is 0 Å². The number of aromatic nitrogens is 1. The molecule has 1 fully saturated rings. The van der Waals surface area contributed by atoms with Gasteiger partial charge in [-0.15, -0.1) is 0 Å². The van der Waals surface area contributed by atoms with Crippen molar-refractivity contribution in [3.8, 4) is 0 Å². The normalized spacial score (nSPS) is 28.5. The molecule has 2 nitrogen and oxygen atoms in total. The van der Waals surface area contributed by atoms with E-state index in [1.807, 2.05) is 16.8 Å². The van der Waals surface area contributed by atoms with E-state index in [0.717, 1.165) is 6.42 Å². The standard InChI is InChI=1S/C9H11NO/c1-7-6-8(7)10-5-3-2-4-9(10)11/h2-5,7-8H,6H2,1H3/t7-,8+/m0/s1. The van der Waals surface area contributed by atoms with E-state index in [9.17, 15) is 4.79 Å². The second-order valence-electron chi connectivity index (χ2n) is 3.23. The van der Waals surface area contributed by atoms with E-state index in [4.69, 9.17) is 0 Å². The second-order valence-corrected chi connectivity index (χ2v) is 3.23. The van der Waals surface area contributed by atoms with Crippen molar-refractivity contribution in [3.05, 3.63) is 34.7 Å². The summed E-state index contributed by atoms with van der Waals surface area (Å²) in [6.07, 6.45) is 3.03. The van der Waals surface area contributed by atoms with Gasteiger partial charge in [0, 0.05) is 18.3 Å². The Balaban J connectivity index is 2.39. The monoisotopic (exact) mass is 149 g/mol. The smallest absolute Gasteiger partial charge is 0.250 e. The van der Waals surface area contributed by atoms with Crippen LogP contribution >= 0.6 is 0 Å². The Kier molecular flexibility index (Phi) is 1.34. The molecule has 0 amide bonds. The van der Waals surface area contributed by atoms with Gasteiger partial charge in [-0.3, -0.25) is 4.79 Å². The maximum Gasteiger partial charge on any atom is 0.250 e. The number of hydrogen-bond donors (Lipinski definition) is 0. The topological polar surface area (TPSA) is 22.0 Å². The minimum Gasteiger partial charge on any atom is -0.312 e. The Labute approximate surface area is 65.5 Å². The van der Waals surface area contributed by atoms with Gasteiger partial charge in [0.15, 0.2) is 0 Å². The fraction of sp³-hybridized carbons (Fsp3) is 0.444. The van der Waals surface area contributed by atoms with E-state index in [1.165, 1.54) is 0 Å². The number of pyridine rings is 1. The molecule has 1 aliphatic carbocycles. The van der Waals surface area contributed by atoms with Gasteiger partial charge >= 0.3 is 0 Å². The van der Waals surface area contributed by atoms with Crippen LogP contribution in [0.25, 0.3) is 0 Å². The van der Waals surface area contributed by atoms with Gasteiger partial charge in [0.05, 0.1) is 0 Å². The first-order valence-corrected chi connectivity index (χ1v) is 3.96. The SMILES string of the molecule is C[C@H]1C[C@H]1n1ccccc1=O. The number of hydrogen-bond acceptors (Lipinski definition) is 1. The molecule has 1 saturated carbocycles. The summed E-state index contributed by atoms with van der Waals surface area (Å²) < 4.78 is 1.82. The molecule has 2 heteroatoms. The highest BCUT2D eigenvalue weighted by Gasteiger charge is 2.34. The summed E-state index contributed by atoms with van der Waals surface area (Å²) in [5.41, 5.74) is 0.127. The fourth-order valence-electron chi connectivity index (χ4n) is 1.40. The lowest BCUT2D eigenvalue weighted by atomic mass is 10.4. The highest BCUT2D eigenvalue weighted by atomic mass is 16.1. The van der Waals surface area contributed by atoms with Gasteiger partial charge in [0.2, 0.25) is 0 Å². The fourth-order valence-corrected chi connectivity index (χ4v) is 1.40. The molecule has 11 heavy (non-hydrogen) atoms. The van der Waals surface area contributed by atoms with E-state index < -0.39 is 0 Å². The van der Waals surface area contributed by atoms with E-state index in [0.29, 0.717) is 12.0 Å². The van der Waals surface area contributed by atoms with Crippen molar-refractivity contribution in [1.82, 2.24) is 4.57 Å². The lowest BCUT2D eigenvalue weighted by Crippen LogP contribution is -2.16. The molecule has 0 saturated heterocycles. The first-order valence-electron chi connectivity index (χ1n) is 3.96. The molecule has 0 N–H and O–H groups in total. The van der Waals surface area contributed by atoms with Crippen molar-refractivity contribution in [2.45, 2.75) is 19.4 Å². The third-order valence-corrected chi connectivity index (χ3v) is 2.28. The maximum atomic E-state index is 11.2. The van der Waals surface area contributed by atoms with Crippen molar-refractivity contribution in [3.63, 3.8) is 0 Å². The Morgan fingerprint density at radius 3 is 2.82 bits per heavy atom. The zero-order valence-corrected chi connectivity index (χ0v) is 6.53. The first kappa shape index (κ1) is 6.65. The van der Waals surface area contributed by atoms with Gasteiger partial charge < -0.3 is 4.57 Å². The summed E-state index contributed by atoms with van der Waals surface area (Å²) in [5, 5.41) is 0. The highest BCUT2D eigenvalue weighted by Crippen LogP contribution is 2.41. The van der Waals surface area contributed by atoms with Crippen LogP contribution in [0.2, 0.25) is 0 Å². The summed E-state index contributed by atoms with van der Waals surface area (Å²) >= 11 is 0. The molecule has 1 aromatic rings. The van der Waals surface area contributed by atoms with Crippen LogP contribution in [-0.2, 0) is 0 Å². The van der Waals surface area contributed by atoms with Crippen molar-refractivity contribution in [2.75, 3.05) is 0 Å². The lowest BCUT2D eigenvalue weighted by Gasteiger charge is -2.00. The van der Waals surface area contributed by atoms with Gasteiger partial charge in [-0.1, -0.05) is 13.0 Å². The molecule has 1 heterocycles. The average molecular weight is 149 g/mol. The number of rotatable bonds is 1. The zero-order valence-electron chi connectivity index (χ0n) is 6.53. The van der Waals surface area contributed by atoms with E-state index >= 15 is 0 Å². The highest BCUT2D eigenvalue weighted by molar-refractivity contribution is 5.00. The van der Waals surface area contributed by atoms with Gasteiger partial charge in [-0.2, -0.15) is 0 Å². The van der Waals surface area contributed by atoms with Gasteiger partial charge in [-0.05, 0) is 18.4 Å². The summed E-state index contributed by atoms with van der Waals surface area (Å²) in [5.74, 6) is 0.690. The Morgan fingerprint density at radius 1 is 1.55 bits per heavy atom.